The molecule has 1 heterocycles. The van der Waals surface area contributed by atoms with Crippen molar-refractivity contribution in [2.45, 2.75) is 19.9 Å². The van der Waals surface area contributed by atoms with Gasteiger partial charge in [-0.05, 0) is 24.6 Å². The Morgan fingerprint density at radius 2 is 1.96 bits per heavy atom. The van der Waals surface area contributed by atoms with Crippen molar-refractivity contribution in [3.63, 3.8) is 0 Å². The monoisotopic (exact) mass is 320 g/mol. The van der Waals surface area contributed by atoms with Gasteiger partial charge < -0.3 is 4.57 Å². The number of para-hydroxylation sites is 1. The largest absolute Gasteiger partial charge is 0.305 e. The lowest BCUT2D eigenvalue weighted by Crippen LogP contribution is -2.17. The number of benzene rings is 2. The molecule has 0 aliphatic heterocycles. The molecule has 0 radical (unpaired) electrons. The fraction of sp³-hybridized carbons (Fsp3) is 0.158. The fourth-order valence-electron chi connectivity index (χ4n) is 2.38. The number of fused-ring (bicyclic) bond motifs is 1. The molecule has 0 atom stereocenters. The highest BCUT2D eigenvalue weighted by Crippen LogP contribution is 2.16. The first-order valence-electron chi connectivity index (χ1n) is 7.32. The van der Waals surface area contributed by atoms with Crippen LogP contribution in [0, 0.1) is 19.3 Å². The summed E-state index contributed by atoms with van der Waals surface area (Å²) in [6.45, 7) is 2.43. The Balaban J connectivity index is 1.96. The molecule has 0 saturated heterocycles. The van der Waals surface area contributed by atoms with Gasteiger partial charge in [0.25, 0.3) is 5.91 Å². The summed E-state index contributed by atoms with van der Waals surface area (Å²) in [5.41, 5.74) is 3.15. The van der Waals surface area contributed by atoms with Gasteiger partial charge >= 0.3 is 0 Å². The molecule has 3 nitrogen and oxygen atoms in total. The normalized spacial score (nSPS) is 11.6. The number of carbonyl (C=O) groups is 1. The molecule has 3 aromatic rings. The number of aryl methyl sites for hydroxylation is 1. The zero-order valence-corrected chi connectivity index (χ0v) is 13.6. The Labute approximate surface area is 138 Å². The lowest BCUT2D eigenvalue weighted by molar-refractivity contribution is -0.117. The standard InChI is InChI=1S/C19H16N2OS/c1-3-12-21-16-6-4-5-7-17(16)23-19(21)20-18(22)13-15-10-8-14(2)9-11-15/h1,4-11H,12-13H2,2H3. The summed E-state index contributed by atoms with van der Waals surface area (Å²) in [7, 11) is 0. The van der Waals surface area contributed by atoms with Crippen LogP contribution in [0.4, 0.5) is 0 Å². The van der Waals surface area contributed by atoms with Crippen molar-refractivity contribution in [3.05, 3.63) is 64.5 Å². The number of hydrogen-bond donors (Lipinski definition) is 0. The maximum absolute atomic E-state index is 12.3. The topological polar surface area (TPSA) is 34.4 Å². The van der Waals surface area contributed by atoms with Crippen molar-refractivity contribution in [1.29, 1.82) is 0 Å². The van der Waals surface area contributed by atoms with E-state index in [1.807, 2.05) is 60.0 Å². The summed E-state index contributed by atoms with van der Waals surface area (Å²) in [5.74, 6) is 2.47. The number of aromatic nitrogens is 1. The first kappa shape index (κ1) is 15.3. The average molecular weight is 320 g/mol. The van der Waals surface area contributed by atoms with Crippen LogP contribution in [0.2, 0.25) is 0 Å². The number of hydrogen-bond acceptors (Lipinski definition) is 2. The van der Waals surface area contributed by atoms with E-state index in [1.165, 1.54) is 16.9 Å². The van der Waals surface area contributed by atoms with Gasteiger partial charge in [0, 0.05) is 0 Å². The zero-order chi connectivity index (χ0) is 16.2. The van der Waals surface area contributed by atoms with E-state index < -0.39 is 0 Å². The Morgan fingerprint density at radius 3 is 2.70 bits per heavy atom. The highest BCUT2D eigenvalue weighted by Gasteiger charge is 2.07. The second-order valence-electron chi connectivity index (χ2n) is 5.31. The van der Waals surface area contributed by atoms with Gasteiger partial charge in [0.2, 0.25) is 0 Å². The Morgan fingerprint density at radius 1 is 1.22 bits per heavy atom. The van der Waals surface area contributed by atoms with Crippen LogP contribution < -0.4 is 4.80 Å². The van der Waals surface area contributed by atoms with Gasteiger partial charge in [-0.2, -0.15) is 4.99 Å². The summed E-state index contributed by atoms with van der Waals surface area (Å²) in [4.78, 5) is 17.2. The maximum atomic E-state index is 12.3. The van der Waals surface area contributed by atoms with Gasteiger partial charge in [-0.1, -0.05) is 59.2 Å². The SMILES string of the molecule is C#CCn1c(=NC(=O)Cc2ccc(C)cc2)sc2ccccc21. The van der Waals surface area contributed by atoms with E-state index in [1.54, 1.807) is 0 Å². The molecular formula is C19H16N2OS. The number of rotatable bonds is 3. The minimum Gasteiger partial charge on any atom is -0.305 e. The first-order chi connectivity index (χ1) is 11.2. The van der Waals surface area contributed by atoms with Gasteiger partial charge in [-0.25, -0.2) is 0 Å². The molecule has 0 fully saturated rings. The van der Waals surface area contributed by atoms with E-state index in [9.17, 15) is 4.79 Å². The first-order valence-corrected chi connectivity index (χ1v) is 8.14. The molecule has 2 aromatic carbocycles. The molecule has 0 bridgehead atoms. The molecule has 114 valence electrons. The average Bonchev–Trinajstić information content (AvgIpc) is 2.88. The van der Waals surface area contributed by atoms with Crippen LogP contribution in [-0.2, 0) is 17.8 Å². The van der Waals surface area contributed by atoms with Crippen LogP contribution in [0.1, 0.15) is 11.1 Å². The van der Waals surface area contributed by atoms with Crippen molar-refractivity contribution in [1.82, 2.24) is 4.57 Å². The summed E-state index contributed by atoms with van der Waals surface area (Å²) >= 11 is 1.49. The zero-order valence-electron chi connectivity index (χ0n) is 12.8. The molecule has 1 aromatic heterocycles. The summed E-state index contributed by atoms with van der Waals surface area (Å²) < 4.78 is 2.98. The number of nitrogens with zero attached hydrogens (tertiary/aromatic N) is 2. The summed E-state index contributed by atoms with van der Waals surface area (Å²) in [5, 5.41) is 0. The molecule has 0 unspecified atom stereocenters. The van der Waals surface area contributed by atoms with E-state index in [2.05, 4.69) is 10.9 Å². The van der Waals surface area contributed by atoms with E-state index >= 15 is 0 Å². The van der Waals surface area contributed by atoms with E-state index in [-0.39, 0.29) is 5.91 Å². The summed E-state index contributed by atoms with van der Waals surface area (Å²) in [6, 6.07) is 15.9. The van der Waals surface area contributed by atoms with Crippen molar-refractivity contribution < 1.29 is 4.79 Å². The van der Waals surface area contributed by atoms with Crippen LogP contribution in [-0.4, -0.2) is 10.5 Å². The van der Waals surface area contributed by atoms with Crippen molar-refractivity contribution in [2.75, 3.05) is 0 Å². The van der Waals surface area contributed by atoms with Crippen molar-refractivity contribution >= 4 is 27.5 Å². The Hall–Kier alpha value is -2.64. The lowest BCUT2D eigenvalue weighted by atomic mass is 10.1. The van der Waals surface area contributed by atoms with Gasteiger partial charge in [0.15, 0.2) is 4.80 Å². The van der Waals surface area contributed by atoms with Gasteiger partial charge in [-0.3, -0.25) is 4.79 Å². The predicted octanol–water partition coefficient (Wildman–Crippen LogP) is 3.31. The molecule has 0 spiro atoms. The minimum absolute atomic E-state index is 0.161. The molecule has 0 N–H and O–H groups in total. The van der Waals surface area contributed by atoms with Crippen LogP contribution in [0.5, 0.6) is 0 Å². The fourth-order valence-corrected chi connectivity index (χ4v) is 3.42. The smallest absolute Gasteiger partial charge is 0.252 e. The van der Waals surface area contributed by atoms with Gasteiger partial charge in [-0.15, -0.1) is 6.42 Å². The molecule has 23 heavy (non-hydrogen) atoms. The quantitative estimate of drug-likeness (QED) is 0.682. The van der Waals surface area contributed by atoms with Crippen molar-refractivity contribution in [2.24, 2.45) is 4.99 Å². The highest BCUT2D eigenvalue weighted by molar-refractivity contribution is 7.16. The van der Waals surface area contributed by atoms with Crippen LogP contribution in [0.15, 0.2) is 53.5 Å². The molecule has 3 rings (SSSR count). The molecule has 0 aliphatic carbocycles. The van der Waals surface area contributed by atoms with Crippen molar-refractivity contribution in [3.8, 4) is 12.3 Å². The van der Waals surface area contributed by atoms with Gasteiger partial charge in [0.05, 0.1) is 23.2 Å². The molecule has 0 saturated carbocycles. The lowest BCUT2D eigenvalue weighted by Gasteiger charge is -2.00. The molecular weight excluding hydrogens is 304 g/mol. The van der Waals surface area contributed by atoms with Crippen LogP contribution in [0.3, 0.4) is 0 Å². The second kappa shape index (κ2) is 6.64. The minimum atomic E-state index is -0.161. The Bertz CT molecular complexity index is 955. The van der Waals surface area contributed by atoms with E-state index in [0.29, 0.717) is 17.8 Å². The van der Waals surface area contributed by atoms with Crippen LogP contribution in [0.25, 0.3) is 10.2 Å². The molecule has 0 aliphatic rings. The number of carbonyl (C=O) groups excluding carboxylic acids is 1. The third kappa shape index (κ3) is 3.41. The highest BCUT2D eigenvalue weighted by atomic mass is 32.1. The summed E-state index contributed by atoms with van der Waals surface area (Å²) in [6.07, 6.45) is 5.75. The molecule has 1 amide bonds. The maximum Gasteiger partial charge on any atom is 0.252 e. The number of terminal acetylenes is 1. The van der Waals surface area contributed by atoms with E-state index in [0.717, 1.165) is 15.8 Å². The number of amides is 1. The molecule has 4 heteroatoms. The van der Waals surface area contributed by atoms with Crippen LogP contribution >= 0.6 is 11.3 Å². The number of thiazole rings is 1. The van der Waals surface area contributed by atoms with E-state index in [4.69, 9.17) is 6.42 Å². The third-order valence-corrected chi connectivity index (χ3v) is 4.59. The van der Waals surface area contributed by atoms with Gasteiger partial charge in [0.1, 0.15) is 0 Å². The Kier molecular flexibility index (Phi) is 4.40. The third-order valence-electron chi connectivity index (χ3n) is 3.53. The predicted molar refractivity (Wildman–Crippen MR) is 94.1 cm³/mol. The second-order valence-corrected chi connectivity index (χ2v) is 6.32.